The Labute approximate surface area is 153 Å². The Bertz CT molecular complexity index is 976. The fraction of sp³-hybridized carbons (Fsp3) is 0.286. The molecule has 1 aromatic carbocycles. The van der Waals surface area contributed by atoms with E-state index in [1.165, 1.54) is 0 Å². The molecule has 0 atom stereocenters. The van der Waals surface area contributed by atoms with Crippen molar-refractivity contribution in [2.24, 2.45) is 4.99 Å². The maximum absolute atomic E-state index is 4.99. The summed E-state index contributed by atoms with van der Waals surface area (Å²) >= 11 is 0. The van der Waals surface area contributed by atoms with Gasteiger partial charge in [0.15, 0.2) is 0 Å². The molecule has 2 aromatic heterocycles. The lowest BCUT2D eigenvalue weighted by molar-refractivity contribution is 0.359. The van der Waals surface area contributed by atoms with Crippen molar-refractivity contribution in [3.63, 3.8) is 0 Å². The van der Waals surface area contributed by atoms with Crippen LogP contribution in [0.4, 0.5) is 5.82 Å². The number of aliphatic imine (C=N–C) groups is 1. The van der Waals surface area contributed by atoms with E-state index in [-0.39, 0.29) is 0 Å². The van der Waals surface area contributed by atoms with Gasteiger partial charge in [-0.3, -0.25) is 14.9 Å². The Hall–Kier alpha value is -2.95. The molecular formula is C21H21N5. The molecule has 2 aliphatic rings. The summed E-state index contributed by atoms with van der Waals surface area (Å²) in [6.45, 7) is 4.08. The molecule has 5 rings (SSSR count). The van der Waals surface area contributed by atoms with Crippen LogP contribution >= 0.6 is 0 Å². The zero-order valence-electron chi connectivity index (χ0n) is 14.7. The van der Waals surface area contributed by atoms with Crippen molar-refractivity contribution < 1.29 is 0 Å². The maximum Gasteiger partial charge on any atom is 0.202 e. The predicted molar refractivity (Wildman–Crippen MR) is 105 cm³/mol. The summed E-state index contributed by atoms with van der Waals surface area (Å²) in [5, 5.41) is 1.14. The van der Waals surface area contributed by atoms with Crippen molar-refractivity contribution in [3.05, 3.63) is 54.7 Å². The Morgan fingerprint density at radius 1 is 0.846 bits per heavy atom. The molecule has 26 heavy (non-hydrogen) atoms. The van der Waals surface area contributed by atoms with E-state index in [1.54, 1.807) is 0 Å². The zero-order chi connectivity index (χ0) is 17.3. The molecule has 0 saturated carbocycles. The normalized spacial score (nSPS) is 17.2. The molecule has 4 heterocycles. The number of nitrogens with zero attached hydrogens (tertiary/aromatic N) is 5. The Morgan fingerprint density at radius 3 is 2.73 bits per heavy atom. The fourth-order valence-electron chi connectivity index (χ4n) is 3.88. The summed E-state index contributed by atoms with van der Waals surface area (Å²) in [7, 11) is 0. The van der Waals surface area contributed by atoms with Crippen LogP contribution in [0.5, 0.6) is 0 Å². The molecule has 0 spiro atoms. The van der Waals surface area contributed by atoms with Crippen molar-refractivity contribution in [3.8, 4) is 11.3 Å². The topological polar surface area (TPSA) is 44.6 Å². The van der Waals surface area contributed by atoms with Gasteiger partial charge in [-0.2, -0.15) is 0 Å². The quantitative estimate of drug-likeness (QED) is 0.713. The molecule has 0 amide bonds. The average molecular weight is 343 g/mol. The first-order valence-electron chi connectivity index (χ1n) is 9.28. The summed E-state index contributed by atoms with van der Waals surface area (Å²) in [5.74, 6) is 2.06. The number of anilines is 1. The lowest BCUT2D eigenvalue weighted by Crippen LogP contribution is -2.52. The van der Waals surface area contributed by atoms with Crippen LogP contribution in [0.1, 0.15) is 12.8 Å². The molecular weight excluding hydrogens is 322 g/mol. The van der Waals surface area contributed by atoms with E-state index in [0.717, 1.165) is 73.0 Å². The van der Waals surface area contributed by atoms with Crippen LogP contribution in [0, 0.1) is 0 Å². The number of para-hydroxylation sites is 1. The van der Waals surface area contributed by atoms with Crippen LogP contribution in [0.3, 0.4) is 0 Å². The van der Waals surface area contributed by atoms with Crippen LogP contribution in [0.2, 0.25) is 0 Å². The van der Waals surface area contributed by atoms with Crippen LogP contribution in [0.25, 0.3) is 22.2 Å². The number of hydrogen-bond acceptors (Lipinski definition) is 5. The van der Waals surface area contributed by atoms with E-state index in [9.17, 15) is 0 Å². The van der Waals surface area contributed by atoms with Gasteiger partial charge in [-0.05, 0) is 31.0 Å². The second-order valence-corrected chi connectivity index (χ2v) is 6.79. The Kier molecular flexibility index (Phi) is 3.77. The van der Waals surface area contributed by atoms with Gasteiger partial charge >= 0.3 is 0 Å². The molecule has 5 nitrogen and oxygen atoms in total. The first-order valence-corrected chi connectivity index (χ1v) is 9.28. The number of aromatic nitrogens is 2. The molecule has 0 aliphatic carbocycles. The van der Waals surface area contributed by atoms with Crippen LogP contribution in [-0.2, 0) is 0 Å². The van der Waals surface area contributed by atoms with Gasteiger partial charge in [0.1, 0.15) is 5.82 Å². The SMILES string of the molecule is c1cc(-c2cccc3cccnc23)nc(N2CCCN3CCCN=C32)c1. The van der Waals surface area contributed by atoms with Crippen molar-refractivity contribution in [1.82, 2.24) is 14.9 Å². The van der Waals surface area contributed by atoms with Crippen molar-refractivity contribution >= 4 is 22.7 Å². The lowest BCUT2D eigenvalue weighted by Gasteiger charge is -2.40. The van der Waals surface area contributed by atoms with E-state index in [2.05, 4.69) is 57.2 Å². The second-order valence-electron chi connectivity index (χ2n) is 6.79. The standard InChI is InChI=1S/C21H21N5/c1-6-16-7-3-11-22-20(16)17(8-1)18-9-2-10-19(24-18)26-15-5-14-25-13-4-12-23-21(25)26/h1-3,6-11H,4-5,12-15H2. The third-order valence-corrected chi connectivity index (χ3v) is 5.09. The molecule has 0 N–H and O–H groups in total. The van der Waals surface area contributed by atoms with E-state index >= 15 is 0 Å². The molecule has 1 fully saturated rings. The minimum absolute atomic E-state index is 0.912. The average Bonchev–Trinajstić information content (AvgIpc) is 2.73. The first-order chi connectivity index (χ1) is 12.9. The summed E-state index contributed by atoms with van der Waals surface area (Å²) in [4.78, 5) is 19.0. The molecule has 0 bridgehead atoms. The number of fused-ring (bicyclic) bond motifs is 2. The summed E-state index contributed by atoms with van der Waals surface area (Å²) in [5.41, 5.74) is 3.03. The van der Waals surface area contributed by atoms with Crippen LogP contribution in [0.15, 0.2) is 59.7 Å². The number of hydrogen-bond donors (Lipinski definition) is 0. The highest BCUT2D eigenvalue weighted by atomic mass is 15.4. The van der Waals surface area contributed by atoms with Crippen LogP contribution in [-0.4, -0.2) is 47.0 Å². The largest absolute Gasteiger partial charge is 0.342 e. The molecule has 5 heteroatoms. The summed E-state index contributed by atoms with van der Waals surface area (Å²) in [6, 6.07) is 16.6. The van der Waals surface area contributed by atoms with Gasteiger partial charge in [-0.25, -0.2) is 4.98 Å². The van der Waals surface area contributed by atoms with Gasteiger partial charge < -0.3 is 4.90 Å². The predicted octanol–water partition coefficient (Wildman–Crippen LogP) is 3.57. The molecule has 3 aromatic rings. The summed E-state index contributed by atoms with van der Waals surface area (Å²) in [6.07, 6.45) is 4.13. The van der Waals surface area contributed by atoms with E-state index in [4.69, 9.17) is 9.98 Å². The molecule has 1 saturated heterocycles. The number of guanidine groups is 1. The maximum atomic E-state index is 4.99. The highest BCUT2D eigenvalue weighted by Gasteiger charge is 2.27. The van der Waals surface area contributed by atoms with Gasteiger partial charge in [0, 0.05) is 43.3 Å². The zero-order valence-corrected chi connectivity index (χ0v) is 14.7. The van der Waals surface area contributed by atoms with Gasteiger partial charge in [0.25, 0.3) is 0 Å². The summed E-state index contributed by atoms with van der Waals surface area (Å²) < 4.78 is 0. The third-order valence-electron chi connectivity index (χ3n) is 5.09. The highest BCUT2D eigenvalue weighted by Crippen LogP contribution is 2.28. The van der Waals surface area contributed by atoms with Gasteiger partial charge in [-0.1, -0.05) is 30.3 Å². The van der Waals surface area contributed by atoms with E-state index in [0.29, 0.717) is 0 Å². The minimum Gasteiger partial charge on any atom is -0.342 e. The van der Waals surface area contributed by atoms with Crippen molar-refractivity contribution in [2.75, 3.05) is 31.1 Å². The van der Waals surface area contributed by atoms with Crippen molar-refractivity contribution in [2.45, 2.75) is 12.8 Å². The van der Waals surface area contributed by atoms with E-state index in [1.807, 2.05) is 12.3 Å². The fourth-order valence-corrected chi connectivity index (χ4v) is 3.88. The second kappa shape index (κ2) is 6.41. The number of rotatable bonds is 2. The smallest absolute Gasteiger partial charge is 0.202 e. The van der Waals surface area contributed by atoms with Crippen molar-refractivity contribution in [1.29, 1.82) is 0 Å². The lowest BCUT2D eigenvalue weighted by atomic mass is 10.1. The number of pyridine rings is 2. The van der Waals surface area contributed by atoms with Gasteiger partial charge in [0.05, 0.1) is 11.2 Å². The van der Waals surface area contributed by atoms with Gasteiger partial charge in [-0.15, -0.1) is 0 Å². The molecule has 0 radical (unpaired) electrons. The third kappa shape index (κ3) is 2.60. The Balaban J connectivity index is 1.58. The van der Waals surface area contributed by atoms with Crippen LogP contribution < -0.4 is 4.90 Å². The monoisotopic (exact) mass is 343 g/mol. The molecule has 2 aliphatic heterocycles. The molecule has 130 valence electrons. The number of benzene rings is 1. The first kappa shape index (κ1) is 15.3. The van der Waals surface area contributed by atoms with Gasteiger partial charge in [0.2, 0.25) is 5.96 Å². The highest BCUT2D eigenvalue weighted by molar-refractivity contribution is 5.97. The minimum atomic E-state index is 0.912. The van der Waals surface area contributed by atoms with E-state index < -0.39 is 0 Å². The molecule has 0 unspecified atom stereocenters. The Morgan fingerprint density at radius 2 is 1.73 bits per heavy atom.